The third-order valence-corrected chi connectivity index (χ3v) is 4.98. The molecule has 1 nitrogen and oxygen atoms in total. The van der Waals surface area contributed by atoms with E-state index in [1.165, 1.54) is 6.07 Å². The molecule has 1 aliphatic heterocycles. The summed E-state index contributed by atoms with van der Waals surface area (Å²) in [7, 11) is 0. The molecule has 0 saturated carbocycles. The van der Waals surface area contributed by atoms with Gasteiger partial charge >= 0.3 is 0 Å². The molecular weight excluding hydrogens is 269 g/mol. The van der Waals surface area contributed by atoms with E-state index in [2.05, 4.69) is 19.2 Å². The molecule has 0 aromatic heterocycles. The zero-order chi connectivity index (χ0) is 13.1. The Balaban J connectivity index is 2.43. The number of thioether (sulfide) groups is 1. The summed E-state index contributed by atoms with van der Waals surface area (Å²) in [5.74, 6) is 2.12. The SMILES string of the molecule is CCCNC1c2c(F)ccc(Cl)c2CSCC1C. The van der Waals surface area contributed by atoms with E-state index < -0.39 is 0 Å². The summed E-state index contributed by atoms with van der Waals surface area (Å²) in [6.07, 6.45) is 1.05. The van der Waals surface area contributed by atoms with Crippen molar-refractivity contribution in [2.75, 3.05) is 12.3 Å². The summed E-state index contributed by atoms with van der Waals surface area (Å²) in [5, 5.41) is 4.16. The molecule has 2 atom stereocenters. The summed E-state index contributed by atoms with van der Waals surface area (Å²) in [4.78, 5) is 0. The molecule has 0 amide bonds. The largest absolute Gasteiger partial charge is 0.310 e. The number of fused-ring (bicyclic) bond motifs is 1. The third-order valence-electron chi connectivity index (χ3n) is 3.37. The molecule has 0 bridgehead atoms. The van der Waals surface area contributed by atoms with Crippen LogP contribution in [0.2, 0.25) is 5.02 Å². The van der Waals surface area contributed by atoms with Crippen molar-refractivity contribution in [3.8, 4) is 0 Å². The second-order valence-electron chi connectivity index (χ2n) is 4.85. The van der Waals surface area contributed by atoms with Gasteiger partial charge in [0.25, 0.3) is 0 Å². The summed E-state index contributed by atoms with van der Waals surface area (Å²) in [5.41, 5.74) is 1.76. The first kappa shape index (κ1) is 14.2. The van der Waals surface area contributed by atoms with Crippen LogP contribution >= 0.6 is 23.4 Å². The van der Waals surface area contributed by atoms with Crippen molar-refractivity contribution >= 4 is 23.4 Å². The number of rotatable bonds is 3. The van der Waals surface area contributed by atoms with Gasteiger partial charge in [-0.1, -0.05) is 25.4 Å². The smallest absolute Gasteiger partial charge is 0.128 e. The van der Waals surface area contributed by atoms with Crippen molar-refractivity contribution < 1.29 is 4.39 Å². The van der Waals surface area contributed by atoms with Gasteiger partial charge in [0.2, 0.25) is 0 Å². The lowest BCUT2D eigenvalue weighted by atomic mass is 9.92. The molecule has 2 rings (SSSR count). The average Bonchev–Trinajstić information content (AvgIpc) is 2.52. The molecule has 1 heterocycles. The maximum Gasteiger partial charge on any atom is 0.128 e. The zero-order valence-electron chi connectivity index (χ0n) is 10.8. The fourth-order valence-corrected chi connectivity index (χ4v) is 3.93. The van der Waals surface area contributed by atoms with E-state index in [1.807, 2.05) is 11.8 Å². The molecule has 0 saturated heterocycles. The average molecular weight is 288 g/mol. The fraction of sp³-hybridized carbons (Fsp3) is 0.571. The van der Waals surface area contributed by atoms with E-state index in [4.69, 9.17) is 11.6 Å². The Bertz CT molecular complexity index is 425. The topological polar surface area (TPSA) is 12.0 Å². The van der Waals surface area contributed by atoms with Crippen LogP contribution in [-0.4, -0.2) is 12.3 Å². The van der Waals surface area contributed by atoms with Crippen LogP contribution in [0.1, 0.15) is 37.4 Å². The lowest BCUT2D eigenvalue weighted by molar-refractivity contribution is 0.403. The van der Waals surface area contributed by atoms with Gasteiger partial charge in [-0.3, -0.25) is 0 Å². The number of hydrogen-bond donors (Lipinski definition) is 1. The van der Waals surface area contributed by atoms with Crippen molar-refractivity contribution in [1.29, 1.82) is 0 Å². The molecule has 0 radical (unpaired) electrons. The summed E-state index contributed by atoms with van der Waals surface area (Å²) >= 11 is 8.06. The second kappa shape index (κ2) is 6.27. The first-order valence-corrected chi connectivity index (χ1v) is 7.96. The molecule has 1 aromatic rings. The van der Waals surface area contributed by atoms with Crippen LogP contribution in [0.4, 0.5) is 4.39 Å². The molecule has 0 aliphatic carbocycles. The predicted octanol–water partition coefficient (Wildman–Crippen LogP) is 4.40. The van der Waals surface area contributed by atoms with Gasteiger partial charge in [0.05, 0.1) is 0 Å². The van der Waals surface area contributed by atoms with Crippen molar-refractivity contribution in [2.45, 2.75) is 32.1 Å². The lowest BCUT2D eigenvalue weighted by Gasteiger charge is -2.25. The summed E-state index contributed by atoms with van der Waals surface area (Å²) < 4.78 is 14.2. The minimum atomic E-state index is -0.127. The van der Waals surface area contributed by atoms with Gasteiger partial charge in [-0.05, 0) is 42.3 Å². The molecular formula is C14H19ClFNS. The molecule has 18 heavy (non-hydrogen) atoms. The van der Waals surface area contributed by atoms with Crippen molar-refractivity contribution in [3.05, 3.63) is 34.1 Å². The Labute approximate surface area is 117 Å². The van der Waals surface area contributed by atoms with Gasteiger partial charge in [-0.25, -0.2) is 4.39 Å². The van der Waals surface area contributed by atoms with Gasteiger partial charge in [0.1, 0.15) is 5.82 Å². The summed E-state index contributed by atoms with van der Waals surface area (Å²) in [6, 6.07) is 3.24. The Hall–Kier alpha value is -0.250. The van der Waals surface area contributed by atoms with E-state index in [9.17, 15) is 4.39 Å². The predicted molar refractivity (Wildman–Crippen MR) is 77.8 cm³/mol. The van der Waals surface area contributed by atoms with Crippen molar-refractivity contribution in [2.24, 2.45) is 5.92 Å². The highest BCUT2D eigenvalue weighted by molar-refractivity contribution is 7.98. The monoisotopic (exact) mass is 287 g/mol. The minimum absolute atomic E-state index is 0.0775. The Kier molecular flexibility index (Phi) is 4.93. The Morgan fingerprint density at radius 1 is 1.50 bits per heavy atom. The number of halogens is 2. The van der Waals surface area contributed by atoms with Crippen LogP contribution < -0.4 is 5.32 Å². The molecule has 1 N–H and O–H groups in total. The normalized spacial score (nSPS) is 23.6. The van der Waals surface area contributed by atoms with Gasteiger partial charge in [-0.2, -0.15) is 11.8 Å². The standard InChI is InChI=1S/C14H19ClFNS/c1-3-6-17-14-9(2)7-18-8-10-11(15)4-5-12(16)13(10)14/h4-5,9,14,17H,3,6-8H2,1-2H3. The highest BCUT2D eigenvalue weighted by Crippen LogP contribution is 2.38. The lowest BCUT2D eigenvalue weighted by Crippen LogP contribution is -2.29. The highest BCUT2D eigenvalue weighted by atomic mass is 35.5. The molecule has 0 fully saturated rings. The Morgan fingerprint density at radius 3 is 3.00 bits per heavy atom. The maximum atomic E-state index is 14.2. The number of hydrogen-bond acceptors (Lipinski definition) is 2. The molecule has 1 aliphatic rings. The van der Waals surface area contributed by atoms with E-state index in [1.54, 1.807) is 6.07 Å². The highest BCUT2D eigenvalue weighted by Gasteiger charge is 2.28. The number of nitrogens with one attached hydrogen (secondary N) is 1. The van der Waals surface area contributed by atoms with Crippen LogP contribution in [0.3, 0.4) is 0 Å². The maximum absolute atomic E-state index is 14.2. The third kappa shape index (κ3) is 2.84. The van der Waals surface area contributed by atoms with Crippen LogP contribution in [0.25, 0.3) is 0 Å². The quantitative estimate of drug-likeness (QED) is 0.884. The van der Waals surface area contributed by atoms with Gasteiger partial charge in [-0.15, -0.1) is 0 Å². The van der Waals surface area contributed by atoms with Crippen molar-refractivity contribution in [3.63, 3.8) is 0 Å². The van der Waals surface area contributed by atoms with Crippen LogP contribution in [0.15, 0.2) is 12.1 Å². The molecule has 4 heteroatoms. The minimum Gasteiger partial charge on any atom is -0.310 e. The fourth-order valence-electron chi connectivity index (χ4n) is 2.42. The van der Waals surface area contributed by atoms with Crippen molar-refractivity contribution in [1.82, 2.24) is 5.32 Å². The molecule has 100 valence electrons. The summed E-state index contributed by atoms with van der Waals surface area (Å²) in [6.45, 7) is 5.21. The van der Waals surface area contributed by atoms with Gasteiger partial charge in [0.15, 0.2) is 0 Å². The van der Waals surface area contributed by atoms with Gasteiger partial charge < -0.3 is 5.32 Å². The molecule has 0 spiro atoms. The molecule has 1 aromatic carbocycles. The molecule has 2 unspecified atom stereocenters. The first-order valence-electron chi connectivity index (χ1n) is 6.43. The van der Waals surface area contributed by atoms with E-state index in [-0.39, 0.29) is 11.9 Å². The van der Waals surface area contributed by atoms with Gasteiger partial charge in [0, 0.05) is 22.4 Å². The first-order chi connectivity index (χ1) is 8.65. The van der Waals surface area contributed by atoms with Crippen LogP contribution in [0, 0.1) is 11.7 Å². The van der Waals surface area contributed by atoms with E-state index in [0.29, 0.717) is 10.9 Å². The van der Waals surface area contributed by atoms with E-state index >= 15 is 0 Å². The van der Waals surface area contributed by atoms with Crippen LogP contribution in [0.5, 0.6) is 0 Å². The second-order valence-corrected chi connectivity index (χ2v) is 6.28. The number of benzene rings is 1. The Morgan fingerprint density at radius 2 is 2.28 bits per heavy atom. The van der Waals surface area contributed by atoms with Crippen LogP contribution in [-0.2, 0) is 5.75 Å². The van der Waals surface area contributed by atoms with E-state index in [0.717, 1.165) is 35.6 Å². The zero-order valence-corrected chi connectivity index (χ0v) is 12.4.